The maximum atomic E-state index is 12.4. The molecule has 0 radical (unpaired) electrons. The summed E-state index contributed by atoms with van der Waals surface area (Å²) in [5, 5.41) is 6.75. The SMILES string of the molecule is COc1ccc(-c2nc3ccccc3s2)cc1NC(=S)NC(=O)COc1ccc(C(C)(C)C)cc1. The zero-order chi connectivity index (χ0) is 25.0. The molecule has 0 bridgehead atoms. The van der Waals surface area contributed by atoms with E-state index in [1.807, 2.05) is 66.7 Å². The van der Waals surface area contributed by atoms with Gasteiger partial charge in [0.1, 0.15) is 16.5 Å². The molecule has 0 aliphatic carbocycles. The van der Waals surface area contributed by atoms with Crippen LogP contribution in [0, 0.1) is 0 Å². The molecule has 1 amide bonds. The van der Waals surface area contributed by atoms with E-state index in [2.05, 4.69) is 31.4 Å². The molecule has 4 rings (SSSR count). The topological polar surface area (TPSA) is 72.5 Å². The van der Waals surface area contributed by atoms with Gasteiger partial charge in [0, 0.05) is 5.56 Å². The molecule has 1 heterocycles. The fraction of sp³-hybridized carbons (Fsp3) is 0.222. The first kappa shape index (κ1) is 24.6. The van der Waals surface area contributed by atoms with E-state index in [1.54, 1.807) is 18.4 Å². The van der Waals surface area contributed by atoms with Gasteiger partial charge in [-0.05, 0) is 65.7 Å². The number of hydrogen-bond donors (Lipinski definition) is 2. The van der Waals surface area contributed by atoms with E-state index in [-0.39, 0.29) is 23.0 Å². The summed E-state index contributed by atoms with van der Waals surface area (Å²) in [6, 6.07) is 21.4. The minimum absolute atomic E-state index is 0.0547. The Morgan fingerprint density at radius 1 is 1.06 bits per heavy atom. The lowest BCUT2D eigenvalue weighted by atomic mass is 9.87. The van der Waals surface area contributed by atoms with Crippen molar-refractivity contribution in [2.45, 2.75) is 26.2 Å². The van der Waals surface area contributed by atoms with Gasteiger partial charge in [0.15, 0.2) is 11.7 Å². The molecular formula is C27H27N3O3S2. The smallest absolute Gasteiger partial charge is 0.264 e. The average molecular weight is 506 g/mol. The maximum Gasteiger partial charge on any atom is 0.264 e. The number of fused-ring (bicyclic) bond motifs is 1. The van der Waals surface area contributed by atoms with Crippen LogP contribution < -0.4 is 20.1 Å². The number of aromatic nitrogens is 1. The van der Waals surface area contributed by atoms with E-state index in [4.69, 9.17) is 26.7 Å². The number of carbonyl (C=O) groups is 1. The van der Waals surface area contributed by atoms with Crippen molar-refractivity contribution in [1.82, 2.24) is 10.3 Å². The van der Waals surface area contributed by atoms with Crippen LogP contribution in [-0.4, -0.2) is 29.7 Å². The third-order valence-electron chi connectivity index (χ3n) is 5.33. The van der Waals surface area contributed by atoms with Crippen molar-refractivity contribution in [3.8, 4) is 22.1 Å². The first-order chi connectivity index (χ1) is 16.7. The molecule has 2 N–H and O–H groups in total. The molecule has 0 fully saturated rings. The number of ether oxygens (including phenoxy) is 2. The highest BCUT2D eigenvalue weighted by Gasteiger charge is 2.14. The molecule has 0 unspecified atom stereocenters. The molecule has 8 heteroatoms. The molecule has 4 aromatic rings. The van der Waals surface area contributed by atoms with E-state index in [0.717, 1.165) is 20.8 Å². The van der Waals surface area contributed by atoms with Gasteiger partial charge >= 0.3 is 0 Å². The second kappa shape index (κ2) is 10.4. The van der Waals surface area contributed by atoms with Gasteiger partial charge in [-0.2, -0.15) is 0 Å². The van der Waals surface area contributed by atoms with Crippen molar-refractivity contribution >= 4 is 50.5 Å². The number of para-hydroxylation sites is 1. The number of nitrogens with zero attached hydrogens (tertiary/aromatic N) is 1. The van der Waals surface area contributed by atoms with Crippen molar-refractivity contribution in [3.05, 3.63) is 72.3 Å². The predicted molar refractivity (Wildman–Crippen MR) is 147 cm³/mol. The second-order valence-corrected chi connectivity index (χ2v) is 10.4. The summed E-state index contributed by atoms with van der Waals surface area (Å²) < 4.78 is 12.2. The van der Waals surface area contributed by atoms with E-state index >= 15 is 0 Å². The van der Waals surface area contributed by atoms with Crippen LogP contribution in [0.25, 0.3) is 20.8 Å². The maximum absolute atomic E-state index is 12.4. The standard InChI is InChI=1S/C27H27N3O3S2/c1-27(2,3)18-10-12-19(13-11-18)33-16-24(31)30-26(34)29-21-15-17(9-14-22(21)32-4)25-28-20-7-5-6-8-23(20)35-25/h5-15H,16H2,1-4H3,(H2,29,30,31,34). The number of methoxy groups -OCH3 is 1. The Labute approximate surface area is 214 Å². The Morgan fingerprint density at radius 2 is 1.80 bits per heavy atom. The van der Waals surface area contributed by atoms with E-state index < -0.39 is 0 Å². The molecule has 0 saturated carbocycles. The quantitative estimate of drug-likeness (QED) is 0.306. The fourth-order valence-electron chi connectivity index (χ4n) is 3.45. The van der Waals surface area contributed by atoms with Crippen LogP contribution in [0.3, 0.4) is 0 Å². The average Bonchev–Trinajstić information content (AvgIpc) is 3.27. The van der Waals surface area contributed by atoms with Gasteiger partial charge in [0.05, 0.1) is 23.0 Å². The summed E-state index contributed by atoms with van der Waals surface area (Å²) in [6.45, 7) is 6.29. The number of amides is 1. The van der Waals surface area contributed by atoms with E-state index in [9.17, 15) is 4.79 Å². The Bertz CT molecular complexity index is 1330. The monoisotopic (exact) mass is 505 g/mol. The summed E-state index contributed by atoms with van der Waals surface area (Å²) in [5.41, 5.74) is 3.76. The number of thiazole rings is 1. The largest absolute Gasteiger partial charge is 0.495 e. The molecule has 35 heavy (non-hydrogen) atoms. The van der Waals surface area contributed by atoms with Crippen molar-refractivity contribution in [1.29, 1.82) is 0 Å². The lowest BCUT2D eigenvalue weighted by Crippen LogP contribution is -2.37. The second-order valence-electron chi connectivity index (χ2n) is 8.97. The third kappa shape index (κ3) is 6.15. The number of carbonyl (C=O) groups excluding carboxylic acids is 1. The van der Waals surface area contributed by atoms with Gasteiger partial charge in [-0.25, -0.2) is 4.98 Å². The van der Waals surface area contributed by atoms with Crippen LogP contribution >= 0.6 is 23.6 Å². The molecule has 1 aromatic heterocycles. The molecule has 6 nitrogen and oxygen atoms in total. The first-order valence-electron chi connectivity index (χ1n) is 11.1. The predicted octanol–water partition coefficient (Wildman–Crippen LogP) is 6.16. The van der Waals surface area contributed by atoms with Crippen molar-refractivity contribution in [2.24, 2.45) is 0 Å². The summed E-state index contributed by atoms with van der Waals surface area (Å²) in [4.78, 5) is 17.1. The number of anilines is 1. The number of nitrogens with one attached hydrogen (secondary N) is 2. The zero-order valence-corrected chi connectivity index (χ0v) is 21.7. The van der Waals surface area contributed by atoms with E-state index in [0.29, 0.717) is 17.2 Å². The minimum Gasteiger partial charge on any atom is -0.495 e. The fourth-order valence-corrected chi connectivity index (χ4v) is 4.64. The molecule has 3 aromatic carbocycles. The normalized spacial score (nSPS) is 11.2. The van der Waals surface area contributed by atoms with Crippen LogP contribution in [0.2, 0.25) is 0 Å². The summed E-state index contributed by atoms with van der Waals surface area (Å²) in [6.07, 6.45) is 0. The van der Waals surface area contributed by atoms with Crippen LogP contribution in [0.4, 0.5) is 5.69 Å². The molecule has 0 saturated heterocycles. The van der Waals surface area contributed by atoms with Gasteiger partial charge in [-0.15, -0.1) is 11.3 Å². The molecule has 0 atom stereocenters. The van der Waals surface area contributed by atoms with Crippen LogP contribution in [-0.2, 0) is 10.2 Å². The Morgan fingerprint density at radius 3 is 2.49 bits per heavy atom. The summed E-state index contributed by atoms with van der Waals surface area (Å²) in [5.74, 6) is 0.863. The summed E-state index contributed by atoms with van der Waals surface area (Å²) in [7, 11) is 1.58. The van der Waals surface area contributed by atoms with Crippen LogP contribution in [0.1, 0.15) is 26.3 Å². The van der Waals surface area contributed by atoms with Gasteiger partial charge in [0.2, 0.25) is 0 Å². The highest BCUT2D eigenvalue weighted by Crippen LogP contribution is 2.34. The first-order valence-corrected chi connectivity index (χ1v) is 12.3. The Balaban J connectivity index is 1.38. The van der Waals surface area contributed by atoms with Crippen molar-refractivity contribution in [2.75, 3.05) is 19.0 Å². The van der Waals surface area contributed by atoms with Crippen molar-refractivity contribution in [3.63, 3.8) is 0 Å². The summed E-state index contributed by atoms with van der Waals surface area (Å²) >= 11 is 6.96. The zero-order valence-electron chi connectivity index (χ0n) is 20.0. The van der Waals surface area contributed by atoms with Gasteiger partial charge in [0.25, 0.3) is 5.91 Å². The van der Waals surface area contributed by atoms with Gasteiger partial charge in [-0.3, -0.25) is 10.1 Å². The van der Waals surface area contributed by atoms with E-state index in [1.165, 1.54) is 5.56 Å². The third-order valence-corrected chi connectivity index (χ3v) is 6.62. The van der Waals surface area contributed by atoms with Crippen LogP contribution in [0.15, 0.2) is 66.7 Å². The highest BCUT2D eigenvalue weighted by atomic mass is 32.1. The lowest BCUT2D eigenvalue weighted by molar-refractivity contribution is -0.121. The molecule has 0 aliphatic heterocycles. The molecule has 180 valence electrons. The molecule has 0 spiro atoms. The highest BCUT2D eigenvalue weighted by molar-refractivity contribution is 7.80. The van der Waals surface area contributed by atoms with Gasteiger partial charge < -0.3 is 14.8 Å². The van der Waals surface area contributed by atoms with Crippen LogP contribution in [0.5, 0.6) is 11.5 Å². The molecule has 0 aliphatic rings. The van der Waals surface area contributed by atoms with Gasteiger partial charge in [-0.1, -0.05) is 45.0 Å². The Hall–Kier alpha value is -3.49. The minimum atomic E-state index is -0.358. The number of thiocarbonyl (C=S) groups is 1. The van der Waals surface area contributed by atoms with Crippen molar-refractivity contribution < 1.29 is 14.3 Å². The molecular weight excluding hydrogens is 478 g/mol. The Kier molecular flexibility index (Phi) is 7.33. The lowest BCUT2D eigenvalue weighted by Gasteiger charge is -2.19. The number of rotatable bonds is 6. The number of hydrogen-bond acceptors (Lipinski definition) is 6. The number of benzene rings is 3.